The Balaban J connectivity index is 2.90. The Labute approximate surface area is 68.0 Å². The third-order valence-corrected chi connectivity index (χ3v) is 1.64. The minimum absolute atomic E-state index is 0.0279. The van der Waals surface area contributed by atoms with E-state index < -0.39 is 17.7 Å². The zero-order valence-electron chi connectivity index (χ0n) is 5.45. The highest BCUT2D eigenvalue weighted by Crippen LogP contribution is 2.17. The SMILES string of the molecule is O=C(O)C1C=CC=C(Cl)C1=O. The fraction of sp³-hybridized carbons (Fsp3) is 0.143. The molecule has 11 heavy (non-hydrogen) atoms. The Morgan fingerprint density at radius 3 is 2.73 bits per heavy atom. The van der Waals surface area contributed by atoms with Gasteiger partial charge in [-0.25, -0.2) is 0 Å². The van der Waals surface area contributed by atoms with Crippen LogP contribution in [0.3, 0.4) is 0 Å². The maximum Gasteiger partial charge on any atom is 0.318 e. The van der Waals surface area contributed by atoms with Crippen molar-refractivity contribution in [3.8, 4) is 0 Å². The van der Waals surface area contributed by atoms with Gasteiger partial charge in [-0.2, -0.15) is 0 Å². The van der Waals surface area contributed by atoms with Gasteiger partial charge in [-0.05, 0) is 6.08 Å². The van der Waals surface area contributed by atoms with Gasteiger partial charge < -0.3 is 5.11 Å². The maximum atomic E-state index is 10.9. The summed E-state index contributed by atoms with van der Waals surface area (Å²) in [7, 11) is 0. The van der Waals surface area contributed by atoms with E-state index in [2.05, 4.69) is 0 Å². The number of rotatable bonds is 1. The second-order valence-corrected chi connectivity index (χ2v) is 2.49. The average molecular weight is 173 g/mol. The van der Waals surface area contributed by atoms with Crippen LogP contribution in [0.5, 0.6) is 0 Å². The summed E-state index contributed by atoms with van der Waals surface area (Å²) in [5.74, 6) is -2.83. The normalized spacial score (nSPS) is 23.2. The molecule has 0 spiro atoms. The molecular formula is C7H5ClO3. The van der Waals surface area contributed by atoms with E-state index in [1.165, 1.54) is 18.2 Å². The highest BCUT2D eigenvalue weighted by atomic mass is 35.5. The third kappa shape index (κ3) is 1.49. The number of carboxylic acid groups (broad SMARTS) is 1. The van der Waals surface area contributed by atoms with Crippen LogP contribution >= 0.6 is 11.6 Å². The molecule has 0 bridgehead atoms. The van der Waals surface area contributed by atoms with Crippen LogP contribution in [-0.2, 0) is 9.59 Å². The van der Waals surface area contributed by atoms with Gasteiger partial charge in [0.25, 0.3) is 0 Å². The van der Waals surface area contributed by atoms with Crippen LogP contribution in [0.25, 0.3) is 0 Å². The lowest BCUT2D eigenvalue weighted by atomic mass is 10.00. The molecule has 0 heterocycles. The molecule has 0 fully saturated rings. The first-order valence-electron chi connectivity index (χ1n) is 2.94. The van der Waals surface area contributed by atoms with Gasteiger partial charge >= 0.3 is 5.97 Å². The highest BCUT2D eigenvalue weighted by molar-refractivity contribution is 6.44. The molecular weight excluding hydrogens is 168 g/mol. The van der Waals surface area contributed by atoms with Crippen LogP contribution in [0.2, 0.25) is 0 Å². The van der Waals surface area contributed by atoms with Crippen molar-refractivity contribution in [2.75, 3.05) is 0 Å². The largest absolute Gasteiger partial charge is 0.480 e. The van der Waals surface area contributed by atoms with Crippen molar-refractivity contribution in [3.63, 3.8) is 0 Å². The maximum absolute atomic E-state index is 10.9. The first kappa shape index (κ1) is 8.01. The summed E-state index contributed by atoms with van der Waals surface area (Å²) in [6.07, 6.45) is 4.14. The van der Waals surface area contributed by atoms with Gasteiger partial charge in [-0.15, -0.1) is 0 Å². The van der Waals surface area contributed by atoms with E-state index in [1.807, 2.05) is 0 Å². The molecule has 0 saturated heterocycles. The molecule has 58 valence electrons. The topological polar surface area (TPSA) is 54.4 Å². The molecule has 1 rings (SSSR count). The molecule has 0 aromatic heterocycles. The number of hydrogen-bond donors (Lipinski definition) is 1. The van der Waals surface area contributed by atoms with E-state index in [0.717, 1.165) is 0 Å². The standard InChI is InChI=1S/C7H5ClO3/c8-5-3-1-2-4(6(5)9)7(10)11/h1-4H,(H,10,11). The molecule has 1 aliphatic carbocycles. The van der Waals surface area contributed by atoms with Crippen molar-refractivity contribution >= 4 is 23.4 Å². The number of carbonyl (C=O) groups excluding carboxylic acids is 1. The minimum Gasteiger partial charge on any atom is -0.480 e. The number of Topliss-reactive ketones (excluding diaryl/α,β-unsaturated/α-hetero) is 1. The Morgan fingerprint density at radius 2 is 2.27 bits per heavy atom. The van der Waals surface area contributed by atoms with E-state index in [1.54, 1.807) is 0 Å². The second-order valence-electron chi connectivity index (χ2n) is 2.08. The molecule has 0 aromatic carbocycles. The van der Waals surface area contributed by atoms with Gasteiger partial charge in [0.05, 0.1) is 5.03 Å². The lowest BCUT2D eigenvalue weighted by Gasteiger charge is -2.07. The van der Waals surface area contributed by atoms with Crippen molar-refractivity contribution in [2.24, 2.45) is 5.92 Å². The lowest BCUT2D eigenvalue weighted by molar-refractivity contribution is -0.143. The molecule has 0 saturated carbocycles. The number of ketones is 1. The molecule has 1 unspecified atom stereocenters. The fourth-order valence-corrected chi connectivity index (χ4v) is 0.954. The van der Waals surface area contributed by atoms with Gasteiger partial charge in [0, 0.05) is 0 Å². The Morgan fingerprint density at radius 1 is 1.64 bits per heavy atom. The first-order valence-corrected chi connectivity index (χ1v) is 3.31. The van der Waals surface area contributed by atoms with Crippen molar-refractivity contribution < 1.29 is 14.7 Å². The van der Waals surface area contributed by atoms with Crippen LogP contribution in [0, 0.1) is 5.92 Å². The summed E-state index contributed by atoms with van der Waals surface area (Å²) in [5.41, 5.74) is 0. The van der Waals surface area contributed by atoms with E-state index >= 15 is 0 Å². The van der Waals surface area contributed by atoms with Crippen LogP contribution < -0.4 is 0 Å². The highest BCUT2D eigenvalue weighted by Gasteiger charge is 2.26. The molecule has 1 atom stereocenters. The number of aliphatic carboxylic acids is 1. The fourth-order valence-electron chi connectivity index (χ4n) is 0.764. The third-order valence-electron chi connectivity index (χ3n) is 1.33. The number of halogens is 1. The van der Waals surface area contributed by atoms with E-state index in [0.29, 0.717) is 0 Å². The quantitative estimate of drug-likeness (QED) is 0.599. The predicted octanol–water partition coefficient (Wildman–Crippen LogP) is 0.949. The molecule has 3 nitrogen and oxygen atoms in total. The molecule has 1 N–H and O–H groups in total. The molecule has 0 aromatic rings. The summed E-state index contributed by atoms with van der Waals surface area (Å²) >= 11 is 5.40. The number of carbonyl (C=O) groups is 2. The Kier molecular flexibility index (Phi) is 2.10. The Hall–Kier alpha value is -1.09. The van der Waals surface area contributed by atoms with Crippen molar-refractivity contribution in [1.29, 1.82) is 0 Å². The van der Waals surface area contributed by atoms with Gasteiger partial charge in [-0.3, -0.25) is 9.59 Å². The lowest BCUT2D eigenvalue weighted by Crippen LogP contribution is -2.23. The van der Waals surface area contributed by atoms with Crippen LogP contribution in [-0.4, -0.2) is 16.9 Å². The molecule has 1 aliphatic rings. The van der Waals surface area contributed by atoms with Crippen molar-refractivity contribution in [1.82, 2.24) is 0 Å². The van der Waals surface area contributed by atoms with E-state index in [9.17, 15) is 9.59 Å². The molecule has 0 radical (unpaired) electrons. The summed E-state index contributed by atoms with van der Waals surface area (Å²) < 4.78 is 0. The summed E-state index contributed by atoms with van der Waals surface area (Å²) in [4.78, 5) is 21.3. The van der Waals surface area contributed by atoms with Crippen LogP contribution in [0.1, 0.15) is 0 Å². The van der Waals surface area contributed by atoms with Crippen molar-refractivity contribution in [2.45, 2.75) is 0 Å². The summed E-state index contributed by atoms with van der Waals surface area (Å²) in [5, 5.41) is 8.44. The zero-order chi connectivity index (χ0) is 8.43. The smallest absolute Gasteiger partial charge is 0.318 e. The monoisotopic (exact) mass is 172 g/mol. The Bertz CT molecular complexity index is 265. The average Bonchev–Trinajstić information content (AvgIpc) is 1.94. The number of hydrogen-bond acceptors (Lipinski definition) is 2. The van der Waals surface area contributed by atoms with Gasteiger partial charge in [0.15, 0.2) is 5.78 Å². The zero-order valence-corrected chi connectivity index (χ0v) is 6.21. The van der Waals surface area contributed by atoms with Gasteiger partial charge in [0.1, 0.15) is 5.92 Å². The van der Waals surface area contributed by atoms with Crippen LogP contribution in [0.15, 0.2) is 23.3 Å². The number of carboxylic acids is 1. The van der Waals surface area contributed by atoms with Crippen LogP contribution in [0.4, 0.5) is 0 Å². The van der Waals surface area contributed by atoms with Gasteiger partial charge in [-0.1, -0.05) is 23.8 Å². The summed E-state index contributed by atoms with van der Waals surface area (Å²) in [6, 6.07) is 0. The number of allylic oxidation sites excluding steroid dienone is 3. The molecule has 0 aliphatic heterocycles. The van der Waals surface area contributed by atoms with E-state index in [4.69, 9.17) is 16.7 Å². The molecule has 0 amide bonds. The predicted molar refractivity (Wildman–Crippen MR) is 39.2 cm³/mol. The van der Waals surface area contributed by atoms with Gasteiger partial charge in [0.2, 0.25) is 0 Å². The second kappa shape index (κ2) is 2.88. The minimum atomic E-state index is -1.17. The molecule has 4 heteroatoms. The van der Waals surface area contributed by atoms with Crippen molar-refractivity contribution in [3.05, 3.63) is 23.3 Å². The first-order chi connectivity index (χ1) is 5.13. The summed E-state index contributed by atoms with van der Waals surface area (Å²) in [6.45, 7) is 0. The van der Waals surface area contributed by atoms with E-state index in [-0.39, 0.29) is 5.03 Å².